The largest absolute Gasteiger partial charge is 0.488 e. The van der Waals surface area contributed by atoms with E-state index in [2.05, 4.69) is 10.2 Å². The fraction of sp³-hybridized carbons (Fsp3) is 0.0417. The summed E-state index contributed by atoms with van der Waals surface area (Å²) in [5, 5.41) is 19.3. The van der Waals surface area contributed by atoms with Crippen molar-refractivity contribution in [3.8, 4) is 17.2 Å². The Morgan fingerprint density at radius 3 is 2.47 bits per heavy atom. The molecule has 0 aliphatic heterocycles. The normalized spacial score (nSPS) is 11.4. The summed E-state index contributed by atoms with van der Waals surface area (Å²) < 4.78 is 11.5. The van der Waals surface area contributed by atoms with Gasteiger partial charge in [0, 0.05) is 31.8 Å². The number of aromatic nitrogens is 2. The third-order valence-corrected chi connectivity index (χ3v) is 6.21. The number of carbonyl (C=O) groups is 1. The highest BCUT2D eigenvalue weighted by atomic mass is 35.5. The van der Waals surface area contributed by atoms with E-state index < -0.39 is 5.97 Å². The maximum atomic E-state index is 12.0. The van der Waals surface area contributed by atoms with Gasteiger partial charge in [0.15, 0.2) is 0 Å². The van der Waals surface area contributed by atoms with E-state index in [-0.39, 0.29) is 22.6 Å². The number of rotatable bonds is 8. The van der Waals surface area contributed by atoms with Crippen LogP contribution in [0.1, 0.15) is 11.1 Å². The first-order chi connectivity index (χ1) is 16.4. The minimum Gasteiger partial charge on any atom is -0.488 e. The molecule has 0 saturated carbocycles. The number of carboxylic acids is 1. The van der Waals surface area contributed by atoms with Gasteiger partial charge in [-0.2, -0.15) is 0 Å². The fourth-order valence-electron chi connectivity index (χ4n) is 2.86. The lowest BCUT2D eigenvalue weighted by Crippen LogP contribution is -2.00. The first-order valence-corrected chi connectivity index (χ1v) is 11.7. The number of hydrogen-bond acceptors (Lipinski definition) is 6. The molecule has 0 spiro atoms. The lowest BCUT2D eigenvalue weighted by molar-refractivity contribution is -0.131. The minimum absolute atomic E-state index is 0.0591. The molecule has 0 fully saturated rings. The number of thioether (sulfide) groups is 1. The van der Waals surface area contributed by atoms with E-state index in [4.69, 9.17) is 44.0 Å². The van der Waals surface area contributed by atoms with E-state index in [0.29, 0.717) is 31.9 Å². The minimum atomic E-state index is -1.17. The molecule has 0 bridgehead atoms. The van der Waals surface area contributed by atoms with Crippen LogP contribution in [0.15, 0.2) is 81.3 Å². The zero-order valence-corrected chi connectivity index (χ0v) is 20.3. The van der Waals surface area contributed by atoms with Crippen LogP contribution in [0.25, 0.3) is 17.5 Å². The summed E-state index contributed by atoms with van der Waals surface area (Å²) in [6.07, 6.45) is 1.44. The van der Waals surface area contributed by atoms with Gasteiger partial charge < -0.3 is 14.3 Å². The van der Waals surface area contributed by atoms with Crippen LogP contribution in [0.5, 0.6) is 5.75 Å². The zero-order chi connectivity index (χ0) is 24.1. The summed E-state index contributed by atoms with van der Waals surface area (Å²) >= 11 is 19.1. The van der Waals surface area contributed by atoms with Crippen molar-refractivity contribution in [1.29, 1.82) is 0 Å². The molecule has 172 valence electrons. The second-order valence-electron chi connectivity index (χ2n) is 6.86. The molecule has 1 heterocycles. The van der Waals surface area contributed by atoms with E-state index >= 15 is 0 Å². The second kappa shape index (κ2) is 11.0. The van der Waals surface area contributed by atoms with Gasteiger partial charge in [-0.15, -0.1) is 10.2 Å². The van der Waals surface area contributed by atoms with Crippen molar-refractivity contribution in [2.75, 3.05) is 0 Å². The maximum absolute atomic E-state index is 12.0. The Labute approximate surface area is 214 Å². The molecular weight excluding hydrogens is 519 g/mol. The van der Waals surface area contributed by atoms with Gasteiger partial charge in [-0.05, 0) is 66.4 Å². The maximum Gasteiger partial charge on any atom is 0.342 e. The molecule has 4 rings (SSSR count). The number of nitrogens with zero attached hydrogens (tertiary/aromatic N) is 2. The van der Waals surface area contributed by atoms with Crippen molar-refractivity contribution >= 4 is 58.6 Å². The highest BCUT2D eigenvalue weighted by Crippen LogP contribution is 2.33. The van der Waals surface area contributed by atoms with Crippen molar-refractivity contribution in [3.63, 3.8) is 0 Å². The van der Waals surface area contributed by atoms with Crippen molar-refractivity contribution in [3.05, 3.63) is 97.8 Å². The van der Waals surface area contributed by atoms with Crippen LogP contribution in [0.4, 0.5) is 0 Å². The molecular formula is C24H15Cl3N2O4S. The van der Waals surface area contributed by atoms with Gasteiger partial charge >= 0.3 is 5.97 Å². The zero-order valence-electron chi connectivity index (χ0n) is 17.2. The summed E-state index contributed by atoms with van der Waals surface area (Å²) in [5.74, 6) is -0.486. The molecule has 0 amide bonds. The van der Waals surface area contributed by atoms with Gasteiger partial charge in [0.05, 0.1) is 0 Å². The Morgan fingerprint density at radius 2 is 1.74 bits per heavy atom. The van der Waals surface area contributed by atoms with Gasteiger partial charge in [-0.25, -0.2) is 4.79 Å². The van der Waals surface area contributed by atoms with Crippen molar-refractivity contribution in [1.82, 2.24) is 10.2 Å². The Bertz CT molecular complexity index is 1360. The lowest BCUT2D eigenvalue weighted by Gasteiger charge is -2.11. The molecule has 0 radical (unpaired) electrons. The summed E-state index contributed by atoms with van der Waals surface area (Å²) in [5.41, 5.74) is 1.93. The number of aliphatic carboxylic acids is 1. The Hall–Kier alpha value is -2.97. The third-order valence-electron chi connectivity index (χ3n) is 4.51. The summed E-state index contributed by atoms with van der Waals surface area (Å²) in [4.78, 5) is 11.9. The van der Waals surface area contributed by atoms with Crippen LogP contribution < -0.4 is 4.74 Å². The molecule has 10 heteroatoms. The van der Waals surface area contributed by atoms with Crippen molar-refractivity contribution in [2.45, 2.75) is 11.8 Å². The van der Waals surface area contributed by atoms with E-state index in [1.807, 2.05) is 18.2 Å². The molecule has 0 aliphatic rings. The van der Waals surface area contributed by atoms with Crippen molar-refractivity contribution in [2.24, 2.45) is 0 Å². The van der Waals surface area contributed by atoms with E-state index in [1.165, 1.54) is 6.08 Å². The smallest absolute Gasteiger partial charge is 0.342 e. The van der Waals surface area contributed by atoms with Gasteiger partial charge in [0.1, 0.15) is 17.3 Å². The van der Waals surface area contributed by atoms with Gasteiger partial charge in [0.25, 0.3) is 5.22 Å². The molecule has 0 atom stereocenters. The average molecular weight is 534 g/mol. The van der Waals surface area contributed by atoms with Crippen LogP contribution in [0, 0.1) is 0 Å². The topological polar surface area (TPSA) is 85.5 Å². The number of hydrogen-bond donors (Lipinski definition) is 1. The van der Waals surface area contributed by atoms with Crippen LogP contribution in [-0.4, -0.2) is 21.3 Å². The third kappa shape index (κ3) is 6.12. The summed E-state index contributed by atoms with van der Waals surface area (Å²) in [6, 6.07) is 19.1. The standard InChI is InChI=1S/C24H15Cl3N2O4S/c25-17-7-5-14(6-8-17)22-28-29-24(33-22)34-21(23(30)31)12-16-11-18(26)9-10-20(16)32-13-15-3-1-2-4-19(15)27/h1-12H,13H2,(H,30,31)/b21-12-. The van der Waals surface area contributed by atoms with Crippen LogP contribution in [0.2, 0.25) is 15.1 Å². The Morgan fingerprint density at radius 1 is 1.00 bits per heavy atom. The van der Waals surface area contributed by atoms with Crippen LogP contribution in [-0.2, 0) is 11.4 Å². The molecule has 0 unspecified atom stereocenters. The Kier molecular flexibility index (Phi) is 7.80. The van der Waals surface area contributed by atoms with E-state index in [9.17, 15) is 9.90 Å². The summed E-state index contributed by atoms with van der Waals surface area (Å²) in [6.45, 7) is 0.200. The first-order valence-electron chi connectivity index (χ1n) is 9.77. The predicted molar refractivity (Wildman–Crippen MR) is 133 cm³/mol. The first kappa shape index (κ1) is 24.2. The second-order valence-corrected chi connectivity index (χ2v) is 9.13. The molecule has 34 heavy (non-hydrogen) atoms. The molecule has 0 aliphatic carbocycles. The number of halogens is 3. The van der Waals surface area contributed by atoms with Crippen LogP contribution >= 0.6 is 46.6 Å². The molecule has 1 N–H and O–H groups in total. The Balaban J connectivity index is 1.58. The molecule has 6 nitrogen and oxygen atoms in total. The van der Waals surface area contributed by atoms with Gasteiger partial charge in [-0.1, -0.05) is 53.0 Å². The quantitative estimate of drug-likeness (QED) is 0.185. The SMILES string of the molecule is O=C(O)/C(=C/c1cc(Cl)ccc1OCc1ccccc1Cl)Sc1nnc(-c2ccc(Cl)cc2)o1. The van der Waals surface area contributed by atoms with Crippen molar-refractivity contribution < 1.29 is 19.1 Å². The molecule has 3 aromatic carbocycles. The number of ether oxygens (including phenoxy) is 1. The average Bonchev–Trinajstić information content (AvgIpc) is 3.28. The number of benzene rings is 3. The lowest BCUT2D eigenvalue weighted by atomic mass is 10.2. The van der Waals surface area contributed by atoms with Gasteiger partial charge in [-0.3, -0.25) is 0 Å². The highest BCUT2D eigenvalue weighted by molar-refractivity contribution is 8.03. The summed E-state index contributed by atoms with van der Waals surface area (Å²) in [7, 11) is 0. The molecule has 0 saturated heterocycles. The monoisotopic (exact) mass is 532 g/mol. The van der Waals surface area contributed by atoms with E-state index in [1.54, 1.807) is 48.5 Å². The van der Waals surface area contributed by atoms with E-state index in [0.717, 1.165) is 17.3 Å². The van der Waals surface area contributed by atoms with Crippen LogP contribution in [0.3, 0.4) is 0 Å². The fourth-order valence-corrected chi connectivity index (χ4v) is 4.03. The molecule has 1 aromatic heterocycles. The molecule has 4 aromatic rings. The van der Waals surface area contributed by atoms with Gasteiger partial charge in [0.2, 0.25) is 5.89 Å². The number of carboxylic acid groups (broad SMARTS) is 1. The predicted octanol–water partition coefficient (Wildman–Crippen LogP) is 7.49. The highest BCUT2D eigenvalue weighted by Gasteiger charge is 2.17.